The molecule has 0 aliphatic carbocycles. The Morgan fingerprint density at radius 1 is 1.00 bits per heavy atom. The van der Waals surface area contributed by atoms with Crippen molar-refractivity contribution in [3.05, 3.63) is 47.5 Å². The maximum Gasteiger partial charge on any atom is 0.342 e. The predicted octanol–water partition coefficient (Wildman–Crippen LogP) is 2.38. The van der Waals surface area contributed by atoms with Gasteiger partial charge in [-0.1, -0.05) is 6.07 Å². The number of benzene rings is 2. The minimum absolute atomic E-state index is 0.0921. The second-order valence-corrected chi connectivity index (χ2v) is 5.22. The number of ether oxygens (including phenoxy) is 4. The number of amides is 1. The van der Waals surface area contributed by atoms with E-state index in [2.05, 4.69) is 5.32 Å². The second kappa shape index (κ2) is 9.10. The van der Waals surface area contributed by atoms with Gasteiger partial charge >= 0.3 is 5.97 Å². The Kier molecular flexibility index (Phi) is 6.61. The van der Waals surface area contributed by atoms with Crippen molar-refractivity contribution in [2.45, 2.75) is 0 Å². The van der Waals surface area contributed by atoms with Gasteiger partial charge in [0.25, 0.3) is 5.91 Å². The van der Waals surface area contributed by atoms with Crippen molar-refractivity contribution >= 4 is 17.6 Å². The van der Waals surface area contributed by atoms with Gasteiger partial charge < -0.3 is 24.3 Å². The summed E-state index contributed by atoms with van der Waals surface area (Å²) >= 11 is 0. The van der Waals surface area contributed by atoms with Crippen molar-refractivity contribution < 1.29 is 28.5 Å². The lowest BCUT2D eigenvalue weighted by Crippen LogP contribution is -2.21. The topological polar surface area (TPSA) is 107 Å². The quantitative estimate of drug-likeness (QED) is 0.746. The summed E-state index contributed by atoms with van der Waals surface area (Å²) in [7, 11) is 4.29. The summed E-state index contributed by atoms with van der Waals surface area (Å²) in [6, 6.07) is 11.3. The fraction of sp³-hybridized carbons (Fsp3) is 0.211. The number of hydrogen-bond donors (Lipinski definition) is 1. The molecular weight excluding hydrogens is 352 g/mol. The maximum atomic E-state index is 12.3. The lowest BCUT2D eigenvalue weighted by Gasteiger charge is -2.13. The minimum atomic E-state index is -0.756. The highest BCUT2D eigenvalue weighted by atomic mass is 16.5. The average molecular weight is 370 g/mol. The molecule has 1 N–H and O–H groups in total. The molecule has 0 aliphatic heterocycles. The molecule has 2 rings (SSSR count). The molecule has 8 nitrogen and oxygen atoms in total. The molecule has 0 fully saturated rings. The first kappa shape index (κ1) is 19.6. The number of carbonyl (C=O) groups excluding carboxylic acids is 2. The Morgan fingerprint density at radius 3 is 2.30 bits per heavy atom. The van der Waals surface area contributed by atoms with Crippen molar-refractivity contribution in [1.29, 1.82) is 5.26 Å². The summed E-state index contributed by atoms with van der Waals surface area (Å²) < 4.78 is 20.5. The zero-order valence-corrected chi connectivity index (χ0v) is 15.1. The van der Waals surface area contributed by atoms with Crippen molar-refractivity contribution in [3.63, 3.8) is 0 Å². The zero-order chi connectivity index (χ0) is 19.8. The molecule has 0 saturated carbocycles. The van der Waals surface area contributed by atoms with Crippen LogP contribution in [0.5, 0.6) is 17.2 Å². The maximum absolute atomic E-state index is 12.3. The molecule has 0 radical (unpaired) electrons. The van der Waals surface area contributed by atoms with Crippen LogP contribution in [0.3, 0.4) is 0 Å². The largest absolute Gasteiger partial charge is 0.496 e. The highest BCUT2D eigenvalue weighted by molar-refractivity contribution is 5.97. The molecule has 2 aromatic carbocycles. The summed E-state index contributed by atoms with van der Waals surface area (Å²) in [5, 5.41) is 11.4. The van der Waals surface area contributed by atoms with E-state index in [-0.39, 0.29) is 11.3 Å². The van der Waals surface area contributed by atoms with Gasteiger partial charge in [-0.2, -0.15) is 5.26 Å². The van der Waals surface area contributed by atoms with Gasteiger partial charge in [-0.15, -0.1) is 0 Å². The van der Waals surface area contributed by atoms with Gasteiger partial charge in [-0.25, -0.2) is 4.79 Å². The van der Waals surface area contributed by atoms with Gasteiger partial charge in [0.2, 0.25) is 0 Å². The molecule has 0 aliphatic rings. The summed E-state index contributed by atoms with van der Waals surface area (Å²) in [6.45, 7) is -0.507. The molecule has 0 heterocycles. The van der Waals surface area contributed by atoms with Crippen LogP contribution in [0.15, 0.2) is 36.4 Å². The average Bonchev–Trinajstić information content (AvgIpc) is 2.70. The number of nitriles is 1. The number of anilines is 1. The normalized spacial score (nSPS) is 9.70. The van der Waals surface area contributed by atoms with Gasteiger partial charge in [0.1, 0.15) is 11.3 Å². The van der Waals surface area contributed by atoms with E-state index < -0.39 is 18.5 Å². The molecule has 0 unspecified atom stereocenters. The van der Waals surface area contributed by atoms with E-state index in [4.69, 9.17) is 24.2 Å². The molecular formula is C19H18N2O6. The number of carbonyl (C=O) groups is 2. The third-order valence-electron chi connectivity index (χ3n) is 3.54. The fourth-order valence-corrected chi connectivity index (χ4v) is 2.26. The predicted molar refractivity (Wildman–Crippen MR) is 96.2 cm³/mol. The van der Waals surface area contributed by atoms with E-state index in [1.165, 1.54) is 39.5 Å². The molecule has 0 spiro atoms. The molecule has 27 heavy (non-hydrogen) atoms. The van der Waals surface area contributed by atoms with Crippen molar-refractivity contribution in [3.8, 4) is 23.3 Å². The zero-order valence-electron chi connectivity index (χ0n) is 15.1. The van der Waals surface area contributed by atoms with Gasteiger partial charge in [0.05, 0.1) is 33.0 Å². The monoisotopic (exact) mass is 370 g/mol. The van der Waals surface area contributed by atoms with Crippen molar-refractivity contribution in [1.82, 2.24) is 0 Å². The van der Waals surface area contributed by atoms with Crippen LogP contribution < -0.4 is 19.5 Å². The number of rotatable bonds is 7. The first-order chi connectivity index (χ1) is 13.0. The third-order valence-corrected chi connectivity index (χ3v) is 3.54. The van der Waals surface area contributed by atoms with E-state index in [0.29, 0.717) is 22.7 Å². The Balaban J connectivity index is 2.06. The van der Waals surface area contributed by atoms with Crippen molar-refractivity contribution in [2.75, 3.05) is 33.3 Å². The number of nitrogens with zero attached hydrogens (tertiary/aromatic N) is 1. The number of hydrogen-bond acceptors (Lipinski definition) is 7. The van der Waals surface area contributed by atoms with Gasteiger partial charge in [-0.05, 0) is 18.2 Å². The molecule has 0 saturated heterocycles. The first-order valence-electron chi connectivity index (χ1n) is 7.79. The molecule has 0 bridgehead atoms. The number of methoxy groups -OCH3 is 3. The summed E-state index contributed by atoms with van der Waals surface area (Å²) in [5.41, 5.74) is 0.924. The lowest BCUT2D eigenvalue weighted by atomic mass is 10.1. The van der Waals surface area contributed by atoms with Crippen LogP contribution in [0, 0.1) is 11.3 Å². The molecule has 8 heteroatoms. The van der Waals surface area contributed by atoms with Crippen LogP contribution in [-0.4, -0.2) is 39.8 Å². The summed E-state index contributed by atoms with van der Waals surface area (Å²) in [4.78, 5) is 24.3. The van der Waals surface area contributed by atoms with Gasteiger partial charge in [-0.3, -0.25) is 4.79 Å². The third kappa shape index (κ3) is 4.89. The van der Waals surface area contributed by atoms with Crippen LogP contribution >= 0.6 is 0 Å². The van der Waals surface area contributed by atoms with Crippen LogP contribution in [0.2, 0.25) is 0 Å². The van der Waals surface area contributed by atoms with Gasteiger partial charge in [0.15, 0.2) is 18.1 Å². The lowest BCUT2D eigenvalue weighted by molar-refractivity contribution is -0.119. The Labute approximate surface area is 156 Å². The minimum Gasteiger partial charge on any atom is -0.496 e. The Bertz CT molecular complexity index is 888. The highest BCUT2D eigenvalue weighted by Gasteiger charge is 2.20. The van der Waals surface area contributed by atoms with E-state index >= 15 is 0 Å². The number of esters is 1. The molecule has 1 amide bonds. The van der Waals surface area contributed by atoms with E-state index in [0.717, 1.165) is 0 Å². The Hall–Kier alpha value is -3.73. The molecule has 2 aromatic rings. The van der Waals surface area contributed by atoms with E-state index in [1.54, 1.807) is 18.2 Å². The van der Waals surface area contributed by atoms with Crippen LogP contribution in [0.1, 0.15) is 15.9 Å². The highest BCUT2D eigenvalue weighted by Crippen LogP contribution is 2.34. The summed E-state index contributed by atoms with van der Waals surface area (Å²) in [6.07, 6.45) is 0. The van der Waals surface area contributed by atoms with E-state index in [1.807, 2.05) is 6.07 Å². The van der Waals surface area contributed by atoms with Crippen LogP contribution in [-0.2, 0) is 9.53 Å². The van der Waals surface area contributed by atoms with Crippen molar-refractivity contribution in [2.24, 2.45) is 0 Å². The fourth-order valence-electron chi connectivity index (χ4n) is 2.26. The first-order valence-corrected chi connectivity index (χ1v) is 7.79. The number of nitrogens with one attached hydrogen (secondary N) is 1. The standard InChI is InChI=1S/C19H18N2O6/c1-24-15-9-17(26-3)16(25-2)8-14(15)19(23)27-11-18(22)21-13-6-4-5-12(7-13)10-20/h4-9H,11H2,1-3H3,(H,21,22). The Morgan fingerprint density at radius 2 is 1.67 bits per heavy atom. The van der Waals surface area contributed by atoms with Crippen LogP contribution in [0.4, 0.5) is 5.69 Å². The summed E-state index contributed by atoms with van der Waals surface area (Å²) in [5.74, 6) is -0.365. The van der Waals surface area contributed by atoms with E-state index in [9.17, 15) is 9.59 Å². The molecule has 0 atom stereocenters. The van der Waals surface area contributed by atoms with Crippen LogP contribution in [0.25, 0.3) is 0 Å². The smallest absolute Gasteiger partial charge is 0.342 e. The van der Waals surface area contributed by atoms with Gasteiger partial charge in [0, 0.05) is 17.8 Å². The SMILES string of the molecule is COc1cc(OC)c(C(=O)OCC(=O)Nc2cccc(C#N)c2)cc1OC. The second-order valence-electron chi connectivity index (χ2n) is 5.22. The molecule has 140 valence electrons. The molecule has 0 aromatic heterocycles.